The second kappa shape index (κ2) is 7.22. The highest BCUT2D eigenvalue weighted by atomic mass is 35.5. The van der Waals surface area contributed by atoms with Crippen LogP contribution in [-0.2, 0) is 11.2 Å². The SMILES string of the molecule is CCNC(Cc1c(F)cccc1Cl)C1CCCCO1. The summed E-state index contributed by atoms with van der Waals surface area (Å²) in [5, 5.41) is 3.90. The molecule has 2 unspecified atom stereocenters. The third-order valence-electron chi connectivity index (χ3n) is 3.62. The number of likely N-dealkylation sites (N-methyl/N-ethyl adjacent to an activating group) is 1. The van der Waals surface area contributed by atoms with E-state index in [0.29, 0.717) is 17.0 Å². The van der Waals surface area contributed by atoms with E-state index >= 15 is 0 Å². The number of hydrogen-bond acceptors (Lipinski definition) is 2. The molecule has 1 aromatic carbocycles. The van der Waals surface area contributed by atoms with E-state index in [1.807, 2.05) is 0 Å². The zero-order valence-electron chi connectivity index (χ0n) is 11.3. The summed E-state index contributed by atoms with van der Waals surface area (Å²) in [6, 6.07) is 4.97. The molecular weight excluding hydrogens is 265 g/mol. The molecule has 1 fully saturated rings. The van der Waals surface area contributed by atoms with Crippen molar-refractivity contribution < 1.29 is 9.13 Å². The summed E-state index contributed by atoms with van der Waals surface area (Å²) in [6.45, 7) is 3.70. The lowest BCUT2D eigenvalue weighted by Gasteiger charge is -2.31. The molecule has 0 bridgehead atoms. The van der Waals surface area contributed by atoms with E-state index in [4.69, 9.17) is 16.3 Å². The van der Waals surface area contributed by atoms with Crippen LogP contribution in [0.1, 0.15) is 31.7 Å². The van der Waals surface area contributed by atoms with Gasteiger partial charge in [0.25, 0.3) is 0 Å². The fourth-order valence-corrected chi connectivity index (χ4v) is 2.87. The van der Waals surface area contributed by atoms with Crippen LogP contribution in [0, 0.1) is 5.82 Å². The normalized spacial score (nSPS) is 21.3. The Bertz CT molecular complexity index is 387. The minimum absolute atomic E-state index is 0.125. The molecule has 1 aromatic rings. The van der Waals surface area contributed by atoms with E-state index in [1.54, 1.807) is 12.1 Å². The highest BCUT2D eigenvalue weighted by Gasteiger charge is 2.25. The molecule has 1 aliphatic rings. The van der Waals surface area contributed by atoms with Gasteiger partial charge in [0.05, 0.1) is 6.10 Å². The Labute approximate surface area is 119 Å². The summed E-state index contributed by atoms with van der Waals surface area (Å²) >= 11 is 6.10. The van der Waals surface area contributed by atoms with Crippen molar-refractivity contribution in [3.63, 3.8) is 0 Å². The van der Waals surface area contributed by atoms with Crippen LogP contribution in [0.4, 0.5) is 4.39 Å². The first kappa shape index (κ1) is 14.8. The summed E-state index contributed by atoms with van der Waals surface area (Å²) in [6.07, 6.45) is 4.06. The van der Waals surface area contributed by atoms with Gasteiger partial charge in [0, 0.05) is 23.2 Å². The van der Waals surface area contributed by atoms with Gasteiger partial charge in [-0.05, 0) is 44.4 Å². The van der Waals surface area contributed by atoms with Gasteiger partial charge in [-0.3, -0.25) is 0 Å². The van der Waals surface area contributed by atoms with Gasteiger partial charge >= 0.3 is 0 Å². The number of rotatable bonds is 5. The Morgan fingerprint density at radius 1 is 1.47 bits per heavy atom. The number of halogens is 2. The Morgan fingerprint density at radius 3 is 2.95 bits per heavy atom. The molecule has 106 valence electrons. The number of hydrogen-bond donors (Lipinski definition) is 1. The lowest BCUT2D eigenvalue weighted by molar-refractivity contribution is -0.00722. The van der Waals surface area contributed by atoms with E-state index in [-0.39, 0.29) is 18.0 Å². The predicted octanol–water partition coefficient (Wildman–Crippen LogP) is 3.57. The van der Waals surface area contributed by atoms with Crippen LogP contribution < -0.4 is 5.32 Å². The van der Waals surface area contributed by atoms with E-state index in [2.05, 4.69) is 12.2 Å². The molecule has 1 N–H and O–H groups in total. The van der Waals surface area contributed by atoms with Crippen LogP contribution in [0.25, 0.3) is 0 Å². The minimum atomic E-state index is -0.230. The Morgan fingerprint density at radius 2 is 2.32 bits per heavy atom. The van der Waals surface area contributed by atoms with Crippen molar-refractivity contribution in [3.05, 3.63) is 34.6 Å². The average Bonchev–Trinajstić information content (AvgIpc) is 2.43. The van der Waals surface area contributed by atoms with Crippen molar-refractivity contribution in [2.24, 2.45) is 0 Å². The monoisotopic (exact) mass is 285 g/mol. The molecule has 2 atom stereocenters. The van der Waals surface area contributed by atoms with Crippen LogP contribution >= 0.6 is 11.6 Å². The third kappa shape index (κ3) is 3.91. The zero-order valence-corrected chi connectivity index (χ0v) is 12.0. The van der Waals surface area contributed by atoms with Gasteiger partial charge in [0.1, 0.15) is 5.82 Å². The van der Waals surface area contributed by atoms with Crippen LogP contribution in [0.5, 0.6) is 0 Å². The molecule has 0 radical (unpaired) electrons. The molecule has 4 heteroatoms. The molecule has 0 aromatic heterocycles. The van der Waals surface area contributed by atoms with Gasteiger partial charge in [-0.1, -0.05) is 24.6 Å². The van der Waals surface area contributed by atoms with Crippen LogP contribution in [0.3, 0.4) is 0 Å². The molecular formula is C15H21ClFNO. The van der Waals surface area contributed by atoms with Crippen molar-refractivity contribution in [2.45, 2.75) is 44.8 Å². The van der Waals surface area contributed by atoms with Gasteiger partial charge in [-0.25, -0.2) is 4.39 Å². The topological polar surface area (TPSA) is 21.3 Å². The standard InChI is InChI=1S/C15H21ClFNO/c1-2-18-14(15-8-3-4-9-19-15)10-11-12(16)6-5-7-13(11)17/h5-7,14-15,18H,2-4,8-10H2,1H3. The molecule has 0 amide bonds. The predicted molar refractivity (Wildman–Crippen MR) is 76.2 cm³/mol. The maximum absolute atomic E-state index is 13.9. The first-order valence-electron chi connectivity index (χ1n) is 7.00. The van der Waals surface area contributed by atoms with Crippen LogP contribution in [0.15, 0.2) is 18.2 Å². The second-order valence-corrected chi connectivity index (χ2v) is 5.38. The first-order valence-corrected chi connectivity index (χ1v) is 7.38. The molecule has 2 nitrogen and oxygen atoms in total. The summed E-state index contributed by atoms with van der Waals surface area (Å²) in [5.74, 6) is -0.230. The van der Waals surface area contributed by atoms with Crippen molar-refractivity contribution in [2.75, 3.05) is 13.2 Å². The molecule has 0 spiro atoms. The van der Waals surface area contributed by atoms with E-state index < -0.39 is 0 Å². The van der Waals surface area contributed by atoms with Crippen LogP contribution in [0.2, 0.25) is 5.02 Å². The molecule has 0 saturated carbocycles. The summed E-state index contributed by atoms with van der Waals surface area (Å²) < 4.78 is 19.7. The number of ether oxygens (including phenoxy) is 1. The Balaban J connectivity index is 2.11. The molecule has 1 heterocycles. The van der Waals surface area contributed by atoms with Crippen molar-refractivity contribution in [1.82, 2.24) is 5.32 Å². The fraction of sp³-hybridized carbons (Fsp3) is 0.600. The Kier molecular flexibility index (Phi) is 5.61. The summed E-state index contributed by atoms with van der Waals surface area (Å²) in [4.78, 5) is 0. The first-order chi connectivity index (χ1) is 9.22. The Hall–Kier alpha value is -0.640. The van der Waals surface area contributed by atoms with Crippen molar-refractivity contribution in [3.8, 4) is 0 Å². The number of nitrogens with one attached hydrogen (secondary N) is 1. The van der Waals surface area contributed by atoms with Gasteiger partial charge in [-0.2, -0.15) is 0 Å². The van der Waals surface area contributed by atoms with E-state index in [0.717, 1.165) is 26.0 Å². The highest BCUT2D eigenvalue weighted by molar-refractivity contribution is 6.31. The molecule has 19 heavy (non-hydrogen) atoms. The maximum Gasteiger partial charge on any atom is 0.127 e. The molecule has 1 aliphatic heterocycles. The third-order valence-corrected chi connectivity index (χ3v) is 3.97. The zero-order chi connectivity index (χ0) is 13.7. The largest absolute Gasteiger partial charge is 0.377 e. The molecule has 1 saturated heterocycles. The van der Waals surface area contributed by atoms with Gasteiger partial charge in [0.15, 0.2) is 0 Å². The van der Waals surface area contributed by atoms with Gasteiger partial charge in [-0.15, -0.1) is 0 Å². The fourth-order valence-electron chi connectivity index (χ4n) is 2.63. The molecule has 2 rings (SSSR count). The smallest absolute Gasteiger partial charge is 0.127 e. The lowest BCUT2D eigenvalue weighted by atomic mass is 9.95. The minimum Gasteiger partial charge on any atom is -0.377 e. The second-order valence-electron chi connectivity index (χ2n) is 4.97. The quantitative estimate of drug-likeness (QED) is 0.893. The van der Waals surface area contributed by atoms with E-state index in [1.165, 1.54) is 12.5 Å². The van der Waals surface area contributed by atoms with Gasteiger partial charge in [0.2, 0.25) is 0 Å². The van der Waals surface area contributed by atoms with Gasteiger partial charge < -0.3 is 10.1 Å². The van der Waals surface area contributed by atoms with Crippen LogP contribution in [-0.4, -0.2) is 25.3 Å². The average molecular weight is 286 g/mol. The highest BCUT2D eigenvalue weighted by Crippen LogP contribution is 2.24. The maximum atomic E-state index is 13.9. The number of benzene rings is 1. The van der Waals surface area contributed by atoms with E-state index in [9.17, 15) is 4.39 Å². The summed E-state index contributed by atoms with van der Waals surface area (Å²) in [7, 11) is 0. The van der Waals surface area contributed by atoms with Crippen molar-refractivity contribution >= 4 is 11.6 Å². The van der Waals surface area contributed by atoms with Crippen molar-refractivity contribution in [1.29, 1.82) is 0 Å². The summed E-state index contributed by atoms with van der Waals surface area (Å²) in [5.41, 5.74) is 0.587. The molecule has 0 aliphatic carbocycles. The lowest BCUT2D eigenvalue weighted by Crippen LogP contribution is -2.44.